The van der Waals surface area contributed by atoms with Crippen LogP contribution in [-0.2, 0) is 0 Å². The van der Waals surface area contributed by atoms with Gasteiger partial charge in [-0.15, -0.1) is 5.10 Å². The second kappa shape index (κ2) is 6.98. The summed E-state index contributed by atoms with van der Waals surface area (Å²) in [6.45, 7) is 2.13. The van der Waals surface area contributed by atoms with Crippen LogP contribution in [0.25, 0.3) is 33.1 Å². The number of aromatic nitrogens is 5. The third-order valence-corrected chi connectivity index (χ3v) is 5.23. The van der Waals surface area contributed by atoms with Crippen molar-refractivity contribution in [2.45, 2.75) is 13.0 Å². The zero-order chi connectivity index (χ0) is 19.8. The summed E-state index contributed by atoms with van der Waals surface area (Å²) in [6, 6.07) is 20.4. The number of rotatable bonds is 4. The third-order valence-electron chi connectivity index (χ3n) is 5.23. The Morgan fingerprint density at radius 3 is 2.45 bits per heavy atom. The van der Waals surface area contributed by atoms with Crippen molar-refractivity contribution in [3.8, 4) is 17.0 Å². The minimum Gasteiger partial charge on any atom is -0.481 e. The Kier molecular flexibility index (Phi) is 4.17. The SMILES string of the molecule is COc1ccc(-c2ccc3ncc4nnn([C@@H](C)c5ccccc5)c4c3c2)cn1. The molecule has 0 aliphatic carbocycles. The molecule has 5 rings (SSSR count). The van der Waals surface area contributed by atoms with Crippen molar-refractivity contribution < 1.29 is 4.74 Å². The molecule has 0 saturated heterocycles. The minimum absolute atomic E-state index is 0.0538. The quantitative estimate of drug-likeness (QED) is 0.453. The normalized spacial score (nSPS) is 12.3. The van der Waals surface area contributed by atoms with Gasteiger partial charge in [-0.2, -0.15) is 0 Å². The molecule has 6 heteroatoms. The molecule has 142 valence electrons. The van der Waals surface area contributed by atoms with Gasteiger partial charge in [-0.1, -0.05) is 41.6 Å². The number of hydrogen-bond acceptors (Lipinski definition) is 5. The van der Waals surface area contributed by atoms with Gasteiger partial charge < -0.3 is 4.74 Å². The lowest BCUT2D eigenvalue weighted by Crippen LogP contribution is -2.08. The van der Waals surface area contributed by atoms with Crippen LogP contribution in [-0.4, -0.2) is 32.1 Å². The van der Waals surface area contributed by atoms with E-state index in [0.29, 0.717) is 5.88 Å². The Morgan fingerprint density at radius 2 is 1.69 bits per heavy atom. The third kappa shape index (κ3) is 2.99. The van der Waals surface area contributed by atoms with Gasteiger partial charge in [0.05, 0.1) is 24.9 Å². The maximum absolute atomic E-state index is 5.17. The summed E-state index contributed by atoms with van der Waals surface area (Å²) in [4.78, 5) is 8.89. The van der Waals surface area contributed by atoms with Gasteiger partial charge in [-0.25, -0.2) is 9.67 Å². The molecule has 1 atom stereocenters. The lowest BCUT2D eigenvalue weighted by molar-refractivity contribution is 0.398. The van der Waals surface area contributed by atoms with Crippen molar-refractivity contribution >= 4 is 21.9 Å². The molecule has 0 aliphatic rings. The molecule has 29 heavy (non-hydrogen) atoms. The number of benzene rings is 2. The molecule has 3 heterocycles. The van der Waals surface area contributed by atoms with E-state index in [9.17, 15) is 0 Å². The Morgan fingerprint density at radius 1 is 0.862 bits per heavy atom. The number of methoxy groups -OCH3 is 1. The van der Waals surface area contributed by atoms with Crippen molar-refractivity contribution in [1.29, 1.82) is 0 Å². The smallest absolute Gasteiger partial charge is 0.212 e. The van der Waals surface area contributed by atoms with Gasteiger partial charge in [0.2, 0.25) is 5.88 Å². The lowest BCUT2D eigenvalue weighted by Gasteiger charge is -2.14. The molecule has 0 spiro atoms. The van der Waals surface area contributed by atoms with E-state index in [-0.39, 0.29) is 6.04 Å². The second-order valence-electron chi connectivity index (χ2n) is 6.93. The van der Waals surface area contributed by atoms with Crippen LogP contribution < -0.4 is 4.74 Å². The molecule has 0 unspecified atom stereocenters. The molecule has 0 bridgehead atoms. The minimum atomic E-state index is 0.0538. The first-order valence-electron chi connectivity index (χ1n) is 9.43. The van der Waals surface area contributed by atoms with Crippen LogP contribution >= 0.6 is 0 Å². The van der Waals surface area contributed by atoms with Crippen LogP contribution in [0.2, 0.25) is 0 Å². The average Bonchev–Trinajstić information content (AvgIpc) is 3.23. The van der Waals surface area contributed by atoms with Gasteiger partial charge >= 0.3 is 0 Å². The van der Waals surface area contributed by atoms with Gasteiger partial charge in [-0.05, 0) is 36.2 Å². The number of fused-ring (bicyclic) bond motifs is 3. The van der Waals surface area contributed by atoms with Crippen LogP contribution in [0, 0.1) is 0 Å². The van der Waals surface area contributed by atoms with Crippen molar-refractivity contribution in [2.75, 3.05) is 7.11 Å². The van der Waals surface area contributed by atoms with Gasteiger partial charge in [0.15, 0.2) is 0 Å². The maximum Gasteiger partial charge on any atom is 0.212 e. The lowest BCUT2D eigenvalue weighted by atomic mass is 10.0. The van der Waals surface area contributed by atoms with Gasteiger partial charge in [0, 0.05) is 23.2 Å². The predicted octanol–water partition coefficient (Wildman–Crippen LogP) is 4.66. The molecule has 0 radical (unpaired) electrons. The number of nitrogens with zero attached hydrogens (tertiary/aromatic N) is 5. The first-order valence-corrected chi connectivity index (χ1v) is 9.43. The van der Waals surface area contributed by atoms with Gasteiger partial charge in [0.1, 0.15) is 11.0 Å². The molecular weight excluding hydrogens is 362 g/mol. The Bertz CT molecular complexity index is 1300. The molecule has 0 amide bonds. The summed E-state index contributed by atoms with van der Waals surface area (Å²) >= 11 is 0. The maximum atomic E-state index is 5.17. The number of ether oxygens (including phenoxy) is 1. The van der Waals surface area contributed by atoms with E-state index in [2.05, 4.69) is 51.5 Å². The summed E-state index contributed by atoms with van der Waals surface area (Å²) < 4.78 is 7.14. The molecule has 3 aromatic heterocycles. The van der Waals surface area contributed by atoms with Crippen LogP contribution in [0.3, 0.4) is 0 Å². The highest BCUT2D eigenvalue weighted by molar-refractivity contribution is 6.03. The van der Waals surface area contributed by atoms with E-state index in [1.54, 1.807) is 13.3 Å². The topological polar surface area (TPSA) is 65.7 Å². The Hall–Kier alpha value is -3.80. The summed E-state index contributed by atoms with van der Waals surface area (Å²) in [6.07, 6.45) is 3.60. The monoisotopic (exact) mass is 381 g/mol. The first kappa shape index (κ1) is 17.3. The molecule has 0 fully saturated rings. The van der Waals surface area contributed by atoms with Crippen molar-refractivity contribution in [3.05, 3.63) is 78.6 Å². The summed E-state index contributed by atoms with van der Waals surface area (Å²) in [5, 5.41) is 9.82. The van der Waals surface area contributed by atoms with E-state index >= 15 is 0 Å². The number of hydrogen-bond donors (Lipinski definition) is 0. The van der Waals surface area contributed by atoms with E-state index in [0.717, 1.165) is 33.1 Å². The molecular formula is C23H19N5O. The standard InChI is InChI=1S/C23H19N5O/c1-15(16-6-4-3-5-7-16)28-23-19-12-17(18-9-11-22(29-2)25-13-18)8-10-20(19)24-14-21(23)26-27-28/h3-15H,1-2H3/t15-/m0/s1. The molecule has 0 N–H and O–H groups in total. The van der Waals surface area contributed by atoms with Gasteiger partial charge in [0.25, 0.3) is 0 Å². The van der Waals surface area contributed by atoms with E-state index in [4.69, 9.17) is 4.74 Å². The van der Waals surface area contributed by atoms with Crippen LogP contribution in [0.1, 0.15) is 18.5 Å². The molecule has 2 aromatic carbocycles. The van der Waals surface area contributed by atoms with Gasteiger partial charge in [-0.3, -0.25) is 4.98 Å². The van der Waals surface area contributed by atoms with Crippen LogP contribution in [0.4, 0.5) is 0 Å². The van der Waals surface area contributed by atoms with Crippen molar-refractivity contribution in [1.82, 2.24) is 25.0 Å². The number of pyridine rings is 2. The fourth-order valence-electron chi connectivity index (χ4n) is 3.62. The zero-order valence-corrected chi connectivity index (χ0v) is 16.1. The van der Waals surface area contributed by atoms with Crippen molar-refractivity contribution in [2.24, 2.45) is 0 Å². The second-order valence-corrected chi connectivity index (χ2v) is 6.93. The molecule has 0 saturated carbocycles. The largest absolute Gasteiger partial charge is 0.481 e. The van der Waals surface area contributed by atoms with E-state index in [1.807, 2.05) is 47.3 Å². The summed E-state index contributed by atoms with van der Waals surface area (Å²) in [5.41, 5.74) is 5.92. The predicted molar refractivity (Wildman–Crippen MR) is 113 cm³/mol. The fourth-order valence-corrected chi connectivity index (χ4v) is 3.62. The van der Waals surface area contributed by atoms with Crippen molar-refractivity contribution in [3.63, 3.8) is 0 Å². The molecule has 6 nitrogen and oxygen atoms in total. The highest BCUT2D eigenvalue weighted by Gasteiger charge is 2.16. The average molecular weight is 381 g/mol. The summed E-state index contributed by atoms with van der Waals surface area (Å²) in [7, 11) is 1.61. The Labute approximate surface area is 167 Å². The first-order chi connectivity index (χ1) is 14.2. The highest BCUT2D eigenvalue weighted by atomic mass is 16.5. The molecule has 5 aromatic rings. The van der Waals surface area contributed by atoms with Crippen LogP contribution in [0.15, 0.2) is 73.1 Å². The van der Waals surface area contributed by atoms with E-state index < -0.39 is 0 Å². The Balaban J connectivity index is 1.69. The summed E-state index contributed by atoms with van der Waals surface area (Å²) in [5.74, 6) is 0.595. The van der Waals surface area contributed by atoms with E-state index in [1.165, 1.54) is 5.56 Å². The zero-order valence-electron chi connectivity index (χ0n) is 16.1. The fraction of sp³-hybridized carbons (Fsp3) is 0.130. The highest BCUT2D eigenvalue weighted by Crippen LogP contribution is 2.30. The van der Waals surface area contributed by atoms with Crippen LogP contribution in [0.5, 0.6) is 5.88 Å². The molecule has 0 aliphatic heterocycles.